The van der Waals surface area contributed by atoms with E-state index in [1.54, 1.807) is 14.0 Å². The molecule has 0 spiro atoms. The van der Waals surface area contributed by atoms with Crippen LogP contribution in [-0.2, 0) is 27.3 Å². The first-order valence-corrected chi connectivity index (χ1v) is 13.8. The molecular weight excluding hydrogens is 494 g/mol. The van der Waals surface area contributed by atoms with Gasteiger partial charge in [-0.15, -0.1) is 0 Å². The summed E-state index contributed by atoms with van der Waals surface area (Å²) >= 11 is 0. The fraction of sp³-hybridized carbons (Fsp3) is 0.438. The smallest absolute Gasteiger partial charge is 0.329 e. The number of ether oxygens (including phenoxy) is 3. The molecule has 206 valence electrons. The zero-order valence-electron chi connectivity index (χ0n) is 22.7. The van der Waals surface area contributed by atoms with E-state index >= 15 is 0 Å². The monoisotopic (exact) mass is 531 g/mol. The summed E-state index contributed by atoms with van der Waals surface area (Å²) in [6.07, 6.45) is 11.5. The third-order valence-electron chi connectivity index (χ3n) is 8.13. The van der Waals surface area contributed by atoms with Crippen molar-refractivity contribution in [1.29, 1.82) is 0 Å². The number of hydrogen-bond acceptors (Lipinski definition) is 5. The molecule has 1 heterocycles. The predicted molar refractivity (Wildman–Crippen MR) is 148 cm³/mol. The average Bonchev–Trinajstić information content (AvgIpc) is 3.48. The van der Waals surface area contributed by atoms with Gasteiger partial charge in [0, 0.05) is 18.5 Å². The lowest BCUT2D eigenvalue weighted by Gasteiger charge is -2.44. The van der Waals surface area contributed by atoms with Crippen molar-refractivity contribution in [2.45, 2.75) is 76.2 Å². The Kier molecular flexibility index (Phi) is 8.07. The van der Waals surface area contributed by atoms with Crippen LogP contribution in [0.3, 0.4) is 0 Å². The average molecular weight is 532 g/mol. The molecule has 7 heteroatoms. The summed E-state index contributed by atoms with van der Waals surface area (Å²) in [5, 5.41) is 10.5. The van der Waals surface area contributed by atoms with E-state index < -0.39 is 17.6 Å². The van der Waals surface area contributed by atoms with Crippen LogP contribution in [0.5, 0.6) is 11.5 Å². The predicted octanol–water partition coefficient (Wildman–Crippen LogP) is 5.78. The molecule has 3 aliphatic rings. The van der Waals surface area contributed by atoms with Crippen LogP contribution in [0.2, 0.25) is 0 Å². The Bertz CT molecular complexity index is 1260. The third-order valence-corrected chi connectivity index (χ3v) is 8.13. The van der Waals surface area contributed by atoms with E-state index in [4.69, 9.17) is 14.2 Å². The molecule has 1 fully saturated rings. The molecule has 0 aromatic heterocycles. The first-order chi connectivity index (χ1) is 18.9. The number of aliphatic carboxylic acids is 1. The molecule has 2 aliphatic carbocycles. The van der Waals surface area contributed by atoms with E-state index in [1.807, 2.05) is 42.5 Å². The van der Waals surface area contributed by atoms with E-state index in [9.17, 15) is 14.7 Å². The van der Waals surface area contributed by atoms with Crippen LogP contribution in [0.15, 0.2) is 66.3 Å². The Labute approximate surface area is 230 Å². The second kappa shape index (κ2) is 11.7. The number of hydrogen-bond donors (Lipinski definition) is 1. The second-order valence-electron chi connectivity index (χ2n) is 10.8. The first-order valence-electron chi connectivity index (χ1n) is 13.8. The number of benzene rings is 2. The molecule has 0 radical (unpaired) electrons. The van der Waals surface area contributed by atoms with Crippen LogP contribution < -0.4 is 9.47 Å². The van der Waals surface area contributed by atoms with Gasteiger partial charge in [-0.2, -0.15) is 0 Å². The molecule has 7 nitrogen and oxygen atoms in total. The molecule has 0 saturated heterocycles. The Balaban J connectivity index is 1.49. The van der Waals surface area contributed by atoms with Crippen molar-refractivity contribution >= 4 is 11.9 Å². The Morgan fingerprint density at radius 1 is 1.10 bits per heavy atom. The van der Waals surface area contributed by atoms with Gasteiger partial charge in [0.05, 0.1) is 13.2 Å². The number of fused-ring (bicyclic) bond motifs is 1. The van der Waals surface area contributed by atoms with Gasteiger partial charge in [-0.1, -0.05) is 67.5 Å². The molecule has 2 unspecified atom stereocenters. The number of allylic oxidation sites excluding steroid dienone is 2. The van der Waals surface area contributed by atoms with E-state index in [0.717, 1.165) is 60.8 Å². The van der Waals surface area contributed by atoms with Gasteiger partial charge >= 0.3 is 5.97 Å². The van der Waals surface area contributed by atoms with Crippen LogP contribution in [0.4, 0.5) is 0 Å². The number of carboxylic acids is 1. The van der Waals surface area contributed by atoms with Gasteiger partial charge in [-0.3, -0.25) is 4.79 Å². The zero-order valence-corrected chi connectivity index (χ0v) is 22.7. The summed E-state index contributed by atoms with van der Waals surface area (Å²) in [5.74, 6) is -0.315. The molecule has 0 bridgehead atoms. The van der Waals surface area contributed by atoms with Crippen molar-refractivity contribution in [3.8, 4) is 11.5 Å². The fourth-order valence-electron chi connectivity index (χ4n) is 5.80. The highest BCUT2D eigenvalue weighted by Gasteiger charge is 2.49. The zero-order chi connectivity index (χ0) is 27.4. The highest BCUT2D eigenvalue weighted by atomic mass is 16.5. The lowest BCUT2D eigenvalue weighted by atomic mass is 9.82. The van der Waals surface area contributed by atoms with Gasteiger partial charge in [0.2, 0.25) is 0 Å². The van der Waals surface area contributed by atoms with Crippen molar-refractivity contribution in [1.82, 2.24) is 4.90 Å². The number of methoxy groups -OCH3 is 1. The largest absolute Gasteiger partial charge is 0.493 e. The summed E-state index contributed by atoms with van der Waals surface area (Å²) in [6.45, 7) is 2.11. The molecule has 2 atom stereocenters. The van der Waals surface area contributed by atoms with Crippen LogP contribution in [-0.4, -0.2) is 47.2 Å². The Hall–Kier alpha value is -3.58. The van der Waals surface area contributed by atoms with Crippen LogP contribution in [0, 0.1) is 0 Å². The van der Waals surface area contributed by atoms with Crippen molar-refractivity contribution in [3.63, 3.8) is 0 Å². The highest BCUT2D eigenvalue weighted by molar-refractivity contribution is 5.90. The molecule has 1 amide bonds. The normalized spacial score (nSPS) is 21.7. The topological polar surface area (TPSA) is 85.3 Å². The number of amides is 1. The molecule has 1 saturated carbocycles. The first kappa shape index (κ1) is 27.0. The van der Waals surface area contributed by atoms with Crippen molar-refractivity contribution < 1.29 is 28.9 Å². The summed E-state index contributed by atoms with van der Waals surface area (Å²) in [4.78, 5) is 28.6. The third kappa shape index (κ3) is 5.59. The quantitative estimate of drug-likeness (QED) is 0.442. The van der Waals surface area contributed by atoms with E-state index in [2.05, 4.69) is 18.2 Å². The van der Waals surface area contributed by atoms with Crippen LogP contribution in [0.25, 0.3) is 0 Å². The molecule has 2 aromatic carbocycles. The van der Waals surface area contributed by atoms with Gasteiger partial charge in [-0.25, -0.2) is 4.79 Å². The molecular formula is C32H37NO6. The number of nitrogens with zero attached hydrogens (tertiary/aromatic N) is 1. The van der Waals surface area contributed by atoms with Crippen LogP contribution >= 0.6 is 0 Å². The molecule has 1 N–H and O–H groups in total. The highest BCUT2D eigenvalue weighted by Crippen LogP contribution is 2.43. The number of carbonyl (C=O) groups is 2. The minimum Gasteiger partial charge on any atom is -0.493 e. The van der Waals surface area contributed by atoms with Gasteiger partial charge in [-0.05, 0) is 55.4 Å². The SMILES string of the molecule is COc1ccc2c(c1OCC1=CCCC=C1)CC(C)(C(=O)O)N(C(=O)C(OC1CCCC1)c1ccccc1)C2. The van der Waals surface area contributed by atoms with Crippen molar-refractivity contribution in [2.24, 2.45) is 0 Å². The molecule has 2 aromatic rings. The minimum absolute atomic E-state index is 0.0141. The second-order valence-corrected chi connectivity index (χ2v) is 10.8. The lowest BCUT2D eigenvalue weighted by Crippen LogP contribution is -2.59. The number of rotatable bonds is 9. The number of carboxylic acid groups (broad SMARTS) is 1. The summed E-state index contributed by atoms with van der Waals surface area (Å²) in [5.41, 5.74) is 1.92. The Morgan fingerprint density at radius 2 is 1.87 bits per heavy atom. The van der Waals surface area contributed by atoms with E-state index in [1.165, 1.54) is 4.90 Å². The summed E-state index contributed by atoms with van der Waals surface area (Å²) in [6, 6.07) is 13.1. The van der Waals surface area contributed by atoms with E-state index in [0.29, 0.717) is 18.1 Å². The van der Waals surface area contributed by atoms with Gasteiger partial charge in [0.1, 0.15) is 12.1 Å². The van der Waals surface area contributed by atoms with Gasteiger partial charge in [0.15, 0.2) is 17.6 Å². The maximum Gasteiger partial charge on any atom is 0.329 e. The number of carbonyl (C=O) groups excluding carboxylic acids is 1. The van der Waals surface area contributed by atoms with Crippen LogP contribution in [0.1, 0.15) is 68.2 Å². The standard InChI is InChI=1S/C32H37NO6/c1-32(31(35)36)19-26-24(17-18-27(37-2)29(26)38-21-22-11-5-3-6-12-22)20-33(32)30(34)28(23-13-7-4-8-14-23)39-25-15-9-10-16-25/h4-5,7-8,11-14,17-18,25,28H,3,6,9-10,15-16,19-21H2,1-2H3,(H,35,36). The summed E-state index contributed by atoms with van der Waals surface area (Å²) < 4.78 is 18.3. The fourth-order valence-corrected chi connectivity index (χ4v) is 5.80. The maximum atomic E-state index is 14.2. The Morgan fingerprint density at radius 3 is 2.54 bits per heavy atom. The lowest BCUT2D eigenvalue weighted by molar-refractivity contribution is -0.168. The minimum atomic E-state index is -1.50. The van der Waals surface area contributed by atoms with Crippen molar-refractivity contribution in [2.75, 3.05) is 13.7 Å². The van der Waals surface area contributed by atoms with Gasteiger partial charge < -0.3 is 24.2 Å². The molecule has 5 rings (SSSR count). The van der Waals surface area contributed by atoms with Crippen molar-refractivity contribution in [3.05, 3.63) is 83.0 Å². The summed E-state index contributed by atoms with van der Waals surface area (Å²) in [7, 11) is 1.58. The molecule has 39 heavy (non-hydrogen) atoms. The van der Waals surface area contributed by atoms with Gasteiger partial charge in [0.25, 0.3) is 5.91 Å². The van der Waals surface area contributed by atoms with E-state index in [-0.39, 0.29) is 25.0 Å². The molecule has 1 aliphatic heterocycles. The maximum absolute atomic E-state index is 14.2.